The Balaban J connectivity index is 2.90. The Morgan fingerprint density at radius 3 is 1.68 bits per heavy atom. The molecule has 1 heterocycles. The molecule has 44 heavy (non-hydrogen) atoms. The number of carbonyl (C=O) groups is 8. The summed E-state index contributed by atoms with van der Waals surface area (Å²) in [5.41, 5.74) is 5.45. The summed E-state index contributed by atoms with van der Waals surface area (Å²) < 4.78 is 0. The second-order valence-electron chi connectivity index (χ2n) is 10.2. The van der Waals surface area contributed by atoms with Crippen molar-refractivity contribution < 1.29 is 53.7 Å². The highest BCUT2D eigenvalue weighted by molar-refractivity contribution is 7.09. The van der Waals surface area contributed by atoms with E-state index >= 15 is 0 Å². The minimum absolute atomic E-state index is 0.0413. The van der Waals surface area contributed by atoms with E-state index in [9.17, 15) is 43.5 Å². The molecule has 0 aliphatic heterocycles. The lowest BCUT2D eigenvalue weighted by atomic mass is 10.0. The van der Waals surface area contributed by atoms with Crippen LogP contribution >= 0.6 is 11.3 Å². The highest BCUT2D eigenvalue weighted by Gasteiger charge is 2.32. The number of aliphatic carboxylic acids is 3. The molecule has 18 heteroatoms. The average molecular weight is 643 g/mol. The van der Waals surface area contributed by atoms with Crippen molar-refractivity contribution in [3.8, 4) is 0 Å². The molecule has 1 aromatic heterocycles. The highest BCUT2D eigenvalue weighted by Crippen LogP contribution is 2.12. The number of thiophene rings is 1. The molecule has 0 aromatic carbocycles. The van der Waals surface area contributed by atoms with Gasteiger partial charge in [-0.3, -0.25) is 33.6 Å². The van der Waals surface area contributed by atoms with Gasteiger partial charge in [0, 0.05) is 11.3 Å². The Bertz CT molecular complexity index is 1220. The van der Waals surface area contributed by atoms with Crippen LogP contribution in [0, 0.1) is 5.92 Å². The van der Waals surface area contributed by atoms with Gasteiger partial charge in [-0.2, -0.15) is 0 Å². The molecule has 10 N–H and O–H groups in total. The summed E-state index contributed by atoms with van der Waals surface area (Å²) >= 11 is 1.32. The molecule has 0 spiro atoms. The first-order valence-corrected chi connectivity index (χ1v) is 14.3. The van der Waals surface area contributed by atoms with Gasteiger partial charge in [0.05, 0.1) is 18.9 Å². The summed E-state index contributed by atoms with van der Waals surface area (Å²) in [7, 11) is 0. The number of carboxylic acid groups (broad SMARTS) is 3. The number of hydrogen-bond acceptors (Lipinski definition) is 10. The maximum Gasteiger partial charge on any atom is 0.326 e. The van der Waals surface area contributed by atoms with E-state index in [1.807, 2.05) is 5.32 Å². The smallest absolute Gasteiger partial charge is 0.326 e. The first-order valence-electron chi connectivity index (χ1n) is 13.4. The van der Waals surface area contributed by atoms with Crippen molar-refractivity contribution in [2.75, 3.05) is 0 Å². The first-order chi connectivity index (χ1) is 20.4. The Kier molecular flexibility index (Phi) is 14.9. The second-order valence-corrected chi connectivity index (χ2v) is 11.3. The fraction of sp³-hybridized carbons (Fsp3) is 0.538. The minimum atomic E-state index is -1.70. The van der Waals surface area contributed by atoms with Crippen molar-refractivity contribution in [3.63, 3.8) is 0 Å². The van der Waals surface area contributed by atoms with Gasteiger partial charge in [-0.1, -0.05) is 19.9 Å². The molecule has 5 amide bonds. The van der Waals surface area contributed by atoms with E-state index in [-0.39, 0.29) is 6.42 Å². The molecule has 1 rings (SSSR count). The van der Waals surface area contributed by atoms with Crippen LogP contribution in [0.15, 0.2) is 17.5 Å². The van der Waals surface area contributed by atoms with Gasteiger partial charge < -0.3 is 47.6 Å². The van der Waals surface area contributed by atoms with E-state index in [0.717, 1.165) is 4.88 Å². The lowest BCUT2D eigenvalue weighted by molar-refractivity contribution is -0.143. The molecular formula is C26H38N6O11S. The lowest BCUT2D eigenvalue weighted by Crippen LogP contribution is -2.59. The lowest BCUT2D eigenvalue weighted by Gasteiger charge is -2.25. The van der Waals surface area contributed by atoms with Gasteiger partial charge in [0.25, 0.3) is 0 Å². The van der Waals surface area contributed by atoms with E-state index in [1.54, 1.807) is 31.4 Å². The zero-order chi connectivity index (χ0) is 33.7. The standard InChI is InChI=1S/C26H38N6O11S/c1-11(2)20(26(42)43)32-25(41)16(8-14-6-5-7-44-14)30-22(38)13(4)28-21(37)12(3)29-24(40)17(10-19(35)36)31-23(39)15(27)9-18(33)34/h5-7,11-13,15-17,20H,8-10,27H2,1-4H3,(H,28,37)(H,29,40)(H,30,38)(H,31,39)(H,32,41)(H,33,34)(H,35,36)(H,42,43)/t12-,13-,15-,16-,17-,20-/m0/s1. The predicted molar refractivity (Wildman–Crippen MR) is 154 cm³/mol. The Hall–Kier alpha value is -4.58. The van der Waals surface area contributed by atoms with E-state index in [2.05, 4.69) is 21.3 Å². The molecule has 0 saturated carbocycles. The van der Waals surface area contributed by atoms with Gasteiger partial charge in [-0.25, -0.2) is 4.79 Å². The Morgan fingerprint density at radius 2 is 1.20 bits per heavy atom. The minimum Gasteiger partial charge on any atom is -0.481 e. The maximum absolute atomic E-state index is 13.0. The van der Waals surface area contributed by atoms with Crippen LogP contribution in [0.4, 0.5) is 0 Å². The zero-order valence-electron chi connectivity index (χ0n) is 24.5. The average Bonchev–Trinajstić information content (AvgIpc) is 3.42. The Morgan fingerprint density at radius 1 is 0.705 bits per heavy atom. The number of hydrogen-bond donors (Lipinski definition) is 9. The third-order valence-corrected chi connectivity index (χ3v) is 6.99. The summed E-state index contributed by atoms with van der Waals surface area (Å²) in [5.74, 6) is -9.19. The number of nitrogens with two attached hydrogens (primary N) is 1. The van der Waals surface area contributed by atoms with Gasteiger partial charge in [0.1, 0.15) is 30.2 Å². The fourth-order valence-corrected chi connectivity index (χ4v) is 4.38. The largest absolute Gasteiger partial charge is 0.481 e. The van der Waals surface area contributed by atoms with Crippen molar-refractivity contribution in [1.29, 1.82) is 0 Å². The zero-order valence-corrected chi connectivity index (χ0v) is 25.3. The monoisotopic (exact) mass is 642 g/mol. The molecule has 0 aliphatic carbocycles. The molecule has 244 valence electrons. The predicted octanol–water partition coefficient (Wildman–Crippen LogP) is -2.23. The molecule has 0 bridgehead atoms. The van der Waals surface area contributed by atoms with Crippen molar-refractivity contribution in [2.45, 2.75) is 83.2 Å². The van der Waals surface area contributed by atoms with Crippen molar-refractivity contribution in [1.82, 2.24) is 26.6 Å². The Labute approximate surface area is 256 Å². The molecule has 17 nitrogen and oxygen atoms in total. The summed E-state index contributed by atoms with van der Waals surface area (Å²) in [6, 6.07) is -4.80. The number of amides is 5. The summed E-state index contributed by atoms with van der Waals surface area (Å²) in [6.45, 7) is 5.73. The second kappa shape index (κ2) is 17.5. The molecule has 0 saturated heterocycles. The van der Waals surface area contributed by atoms with Crippen LogP contribution in [0.2, 0.25) is 0 Å². The number of carboxylic acids is 3. The normalized spacial score (nSPS) is 15.0. The highest BCUT2D eigenvalue weighted by atomic mass is 32.1. The SMILES string of the molecule is CC(C)[C@H](NC(=O)[C@H](Cc1cccs1)NC(=O)[C@H](C)NC(=O)[C@H](C)NC(=O)[C@H](CC(=O)O)NC(=O)[C@@H](N)CC(=O)O)C(=O)O. The fourth-order valence-electron chi connectivity index (χ4n) is 3.63. The summed E-state index contributed by atoms with van der Waals surface area (Å²) in [6.07, 6.45) is -1.64. The van der Waals surface area contributed by atoms with Gasteiger partial charge in [-0.05, 0) is 31.2 Å². The van der Waals surface area contributed by atoms with Crippen LogP contribution in [0.5, 0.6) is 0 Å². The molecule has 0 fully saturated rings. The van der Waals surface area contributed by atoms with Crippen LogP contribution in [0.1, 0.15) is 45.4 Å². The maximum atomic E-state index is 13.0. The topological polar surface area (TPSA) is 283 Å². The summed E-state index contributed by atoms with van der Waals surface area (Å²) in [5, 5.41) is 40.6. The van der Waals surface area contributed by atoms with Gasteiger partial charge in [-0.15, -0.1) is 11.3 Å². The van der Waals surface area contributed by atoms with Crippen LogP contribution in [-0.4, -0.2) is 99.0 Å². The van der Waals surface area contributed by atoms with E-state index < -0.39 is 102 Å². The molecule has 0 radical (unpaired) electrons. The van der Waals surface area contributed by atoms with Crippen molar-refractivity contribution in [2.24, 2.45) is 11.7 Å². The molecule has 6 atom stereocenters. The van der Waals surface area contributed by atoms with Crippen LogP contribution in [0.25, 0.3) is 0 Å². The third kappa shape index (κ3) is 12.7. The van der Waals surface area contributed by atoms with Crippen LogP contribution < -0.4 is 32.3 Å². The quantitative estimate of drug-likeness (QED) is 0.0823. The molecular weight excluding hydrogens is 604 g/mol. The van der Waals surface area contributed by atoms with Gasteiger partial charge >= 0.3 is 17.9 Å². The van der Waals surface area contributed by atoms with E-state index in [1.165, 1.54) is 25.2 Å². The van der Waals surface area contributed by atoms with Gasteiger partial charge in [0.15, 0.2) is 0 Å². The number of carbonyl (C=O) groups excluding carboxylic acids is 5. The number of rotatable bonds is 18. The third-order valence-electron chi connectivity index (χ3n) is 6.10. The summed E-state index contributed by atoms with van der Waals surface area (Å²) in [4.78, 5) is 97.7. The van der Waals surface area contributed by atoms with Crippen molar-refractivity contribution in [3.05, 3.63) is 22.4 Å². The van der Waals surface area contributed by atoms with Crippen molar-refractivity contribution >= 4 is 58.8 Å². The van der Waals surface area contributed by atoms with E-state index in [4.69, 9.17) is 15.9 Å². The first kappa shape index (κ1) is 37.4. The van der Waals surface area contributed by atoms with E-state index in [0.29, 0.717) is 0 Å². The van der Waals surface area contributed by atoms with Crippen LogP contribution in [0.3, 0.4) is 0 Å². The van der Waals surface area contributed by atoms with Gasteiger partial charge in [0.2, 0.25) is 29.5 Å². The number of nitrogens with one attached hydrogen (secondary N) is 5. The molecule has 0 aliphatic rings. The molecule has 1 aromatic rings. The van der Waals surface area contributed by atoms with Crippen LogP contribution in [-0.2, 0) is 44.8 Å². The molecule has 0 unspecified atom stereocenters.